The second-order valence-corrected chi connectivity index (χ2v) is 4.30. The molecular weight excluding hydrogens is 291 g/mol. The van der Waals surface area contributed by atoms with Gasteiger partial charge in [-0.25, -0.2) is 4.68 Å². The van der Waals surface area contributed by atoms with E-state index in [2.05, 4.69) is 21.0 Å². The second-order valence-electron chi connectivity index (χ2n) is 3.04. The number of benzene rings is 1. The SMILES string of the molecule is N#Cc1cnn(-c2c(Cl)cccc2Br)c1N. The van der Waals surface area contributed by atoms with Gasteiger partial charge >= 0.3 is 0 Å². The van der Waals surface area contributed by atoms with E-state index in [1.54, 1.807) is 12.1 Å². The molecule has 0 fully saturated rings. The van der Waals surface area contributed by atoms with Crippen molar-refractivity contribution in [1.29, 1.82) is 5.26 Å². The highest BCUT2D eigenvalue weighted by molar-refractivity contribution is 9.10. The molecule has 0 unspecified atom stereocenters. The third-order valence-electron chi connectivity index (χ3n) is 2.08. The van der Waals surface area contributed by atoms with Crippen LogP contribution in [0.15, 0.2) is 28.9 Å². The molecule has 0 aliphatic carbocycles. The summed E-state index contributed by atoms with van der Waals surface area (Å²) in [5.74, 6) is 0.274. The molecule has 6 heteroatoms. The Bertz CT molecular complexity index is 565. The molecule has 0 bridgehead atoms. The van der Waals surface area contributed by atoms with Gasteiger partial charge in [-0.05, 0) is 28.1 Å². The Kier molecular flexibility index (Phi) is 2.86. The highest BCUT2D eigenvalue weighted by Gasteiger charge is 2.13. The van der Waals surface area contributed by atoms with E-state index < -0.39 is 0 Å². The molecule has 1 aromatic heterocycles. The predicted molar refractivity (Wildman–Crippen MR) is 65.4 cm³/mol. The largest absolute Gasteiger partial charge is 0.382 e. The molecule has 0 atom stereocenters. The Balaban J connectivity index is 2.69. The van der Waals surface area contributed by atoms with Crippen molar-refractivity contribution < 1.29 is 0 Å². The van der Waals surface area contributed by atoms with Crippen LogP contribution in [0.4, 0.5) is 5.82 Å². The highest BCUT2D eigenvalue weighted by Crippen LogP contribution is 2.30. The molecule has 1 heterocycles. The predicted octanol–water partition coefficient (Wildman–Crippen LogP) is 2.74. The first-order valence-corrected chi connectivity index (χ1v) is 5.50. The molecule has 2 N–H and O–H groups in total. The third kappa shape index (κ3) is 1.66. The minimum absolute atomic E-state index is 0.274. The molecule has 0 aliphatic heterocycles. The second kappa shape index (κ2) is 4.16. The first-order chi connectivity index (χ1) is 7.65. The van der Waals surface area contributed by atoms with Crippen LogP contribution in [-0.2, 0) is 0 Å². The summed E-state index contributed by atoms with van der Waals surface area (Å²) < 4.78 is 2.20. The molecule has 2 rings (SSSR count). The summed E-state index contributed by atoms with van der Waals surface area (Å²) in [4.78, 5) is 0. The van der Waals surface area contributed by atoms with Crippen LogP contribution in [0.25, 0.3) is 5.69 Å². The van der Waals surface area contributed by atoms with Crippen LogP contribution in [-0.4, -0.2) is 9.78 Å². The highest BCUT2D eigenvalue weighted by atomic mass is 79.9. The van der Waals surface area contributed by atoms with Gasteiger partial charge in [-0.2, -0.15) is 10.4 Å². The summed E-state index contributed by atoms with van der Waals surface area (Å²) in [7, 11) is 0. The third-order valence-corrected chi connectivity index (χ3v) is 3.02. The molecule has 0 saturated carbocycles. The molecule has 16 heavy (non-hydrogen) atoms. The summed E-state index contributed by atoms with van der Waals surface area (Å²) in [6.07, 6.45) is 1.41. The van der Waals surface area contributed by atoms with Crippen molar-refractivity contribution >= 4 is 33.3 Å². The Morgan fingerprint density at radius 3 is 2.81 bits per heavy atom. The average Bonchev–Trinajstić information content (AvgIpc) is 2.60. The van der Waals surface area contributed by atoms with Gasteiger partial charge in [0.25, 0.3) is 0 Å². The molecule has 0 amide bonds. The van der Waals surface area contributed by atoms with Crippen LogP contribution in [0.1, 0.15) is 5.56 Å². The van der Waals surface area contributed by atoms with Crippen molar-refractivity contribution in [2.45, 2.75) is 0 Å². The van der Waals surface area contributed by atoms with Crippen molar-refractivity contribution in [2.24, 2.45) is 0 Å². The minimum Gasteiger partial charge on any atom is -0.382 e. The number of nitrogens with two attached hydrogens (primary N) is 1. The summed E-state index contributed by atoms with van der Waals surface area (Å²) >= 11 is 9.42. The Labute approximate surface area is 105 Å². The van der Waals surface area contributed by atoms with Crippen LogP contribution in [0.5, 0.6) is 0 Å². The standard InChI is InChI=1S/C10H6BrClN4/c11-7-2-1-3-8(12)9(7)16-10(14)6(4-13)5-15-16/h1-3,5H,14H2. The maximum Gasteiger partial charge on any atom is 0.145 e. The topological polar surface area (TPSA) is 67.6 Å². The number of nitrogen functional groups attached to an aromatic ring is 1. The molecule has 2 aromatic rings. The van der Waals surface area contributed by atoms with E-state index in [0.717, 1.165) is 4.47 Å². The molecule has 4 nitrogen and oxygen atoms in total. The van der Waals surface area contributed by atoms with Gasteiger partial charge in [0.1, 0.15) is 17.5 Å². The van der Waals surface area contributed by atoms with Crippen LogP contribution < -0.4 is 5.73 Å². The van der Waals surface area contributed by atoms with Crippen molar-refractivity contribution in [3.05, 3.63) is 39.5 Å². The number of aromatic nitrogens is 2. The maximum absolute atomic E-state index is 8.79. The average molecular weight is 298 g/mol. The van der Waals surface area contributed by atoms with Gasteiger partial charge in [-0.1, -0.05) is 17.7 Å². The Hall–Kier alpha value is -1.51. The summed E-state index contributed by atoms with van der Waals surface area (Å²) in [6, 6.07) is 7.32. The fraction of sp³-hybridized carbons (Fsp3) is 0. The van der Waals surface area contributed by atoms with Gasteiger partial charge in [-0.15, -0.1) is 0 Å². The monoisotopic (exact) mass is 296 g/mol. The van der Waals surface area contributed by atoms with Gasteiger partial charge in [0.2, 0.25) is 0 Å². The number of anilines is 1. The molecule has 0 radical (unpaired) electrons. The number of halogens is 2. The van der Waals surface area contributed by atoms with Crippen molar-refractivity contribution in [1.82, 2.24) is 9.78 Å². The minimum atomic E-state index is 0.274. The molecular formula is C10H6BrClN4. The number of rotatable bonds is 1. The quantitative estimate of drug-likeness (QED) is 0.880. The van der Waals surface area contributed by atoms with Crippen LogP contribution in [0.2, 0.25) is 5.02 Å². The normalized spacial score (nSPS) is 10.1. The van der Waals surface area contributed by atoms with E-state index in [4.69, 9.17) is 22.6 Å². The fourth-order valence-corrected chi connectivity index (χ4v) is 2.22. The van der Waals surface area contributed by atoms with E-state index in [1.165, 1.54) is 10.9 Å². The lowest BCUT2D eigenvalue weighted by Gasteiger charge is -2.08. The van der Waals surface area contributed by atoms with Crippen molar-refractivity contribution in [3.63, 3.8) is 0 Å². The molecule has 0 saturated heterocycles. The van der Waals surface area contributed by atoms with Gasteiger partial charge in [0.05, 0.1) is 16.9 Å². The number of nitriles is 1. The lowest BCUT2D eigenvalue weighted by Crippen LogP contribution is -2.03. The summed E-state index contributed by atoms with van der Waals surface area (Å²) in [5.41, 5.74) is 6.74. The van der Waals surface area contributed by atoms with Gasteiger partial charge in [-0.3, -0.25) is 0 Å². The van der Waals surface area contributed by atoms with Crippen LogP contribution in [0.3, 0.4) is 0 Å². The van der Waals surface area contributed by atoms with Crippen LogP contribution >= 0.6 is 27.5 Å². The van der Waals surface area contributed by atoms with E-state index in [0.29, 0.717) is 16.3 Å². The molecule has 1 aromatic carbocycles. The van der Waals surface area contributed by atoms with E-state index >= 15 is 0 Å². The molecule has 80 valence electrons. The number of hydrogen-bond acceptors (Lipinski definition) is 3. The first-order valence-electron chi connectivity index (χ1n) is 4.33. The Morgan fingerprint density at radius 1 is 1.50 bits per heavy atom. The zero-order valence-corrected chi connectivity index (χ0v) is 10.3. The molecule has 0 spiro atoms. The van der Waals surface area contributed by atoms with Crippen molar-refractivity contribution in [3.8, 4) is 11.8 Å². The lowest BCUT2D eigenvalue weighted by molar-refractivity contribution is 0.887. The van der Waals surface area contributed by atoms with E-state index in [9.17, 15) is 0 Å². The summed E-state index contributed by atoms with van der Waals surface area (Å²) in [6.45, 7) is 0. The smallest absolute Gasteiger partial charge is 0.145 e. The lowest BCUT2D eigenvalue weighted by atomic mass is 10.3. The van der Waals surface area contributed by atoms with Gasteiger partial charge in [0, 0.05) is 4.47 Å². The number of nitrogens with zero attached hydrogens (tertiary/aromatic N) is 3. The Morgan fingerprint density at radius 2 is 2.25 bits per heavy atom. The van der Waals surface area contributed by atoms with Crippen LogP contribution in [0, 0.1) is 11.3 Å². The van der Waals surface area contributed by atoms with Crippen molar-refractivity contribution in [2.75, 3.05) is 5.73 Å². The number of para-hydroxylation sites is 1. The van der Waals surface area contributed by atoms with E-state index in [-0.39, 0.29) is 5.82 Å². The zero-order valence-electron chi connectivity index (χ0n) is 7.98. The van der Waals surface area contributed by atoms with Gasteiger partial charge in [0.15, 0.2) is 0 Å². The number of hydrogen-bond donors (Lipinski definition) is 1. The summed E-state index contributed by atoms with van der Waals surface area (Å²) in [5, 5.41) is 13.3. The van der Waals surface area contributed by atoms with E-state index in [1.807, 2.05) is 12.1 Å². The maximum atomic E-state index is 8.79. The van der Waals surface area contributed by atoms with Gasteiger partial charge < -0.3 is 5.73 Å². The molecule has 0 aliphatic rings. The zero-order chi connectivity index (χ0) is 11.7. The first kappa shape index (κ1) is 11.0. The fourth-order valence-electron chi connectivity index (χ4n) is 1.31.